The molecule has 1 saturated carbocycles. The molecule has 0 aromatic carbocycles. The van der Waals surface area contributed by atoms with Crippen molar-refractivity contribution in [3.63, 3.8) is 0 Å². The lowest BCUT2D eigenvalue weighted by molar-refractivity contribution is -0.142. The first-order valence-corrected chi connectivity index (χ1v) is 13.5. The number of alkyl carbamates (subject to hydrolysis) is 1. The van der Waals surface area contributed by atoms with E-state index in [0.29, 0.717) is 19.4 Å². The number of amides is 3. The lowest BCUT2D eigenvalue weighted by Gasteiger charge is -2.34. The van der Waals surface area contributed by atoms with Crippen LogP contribution in [-0.2, 0) is 14.3 Å². The predicted octanol–water partition coefficient (Wildman–Crippen LogP) is 3.26. The molecule has 3 fully saturated rings. The Balaban J connectivity index is 1.85. The molecular weight excluding hydrogens is 460 g/mol. The molecule has 9 heteroatoms. The van der Waals surface area contributed by atoms with Gasteiger partial charge in [-0.2, -0.15) is 5.26 Å². The zero-order chi connectivity index (χ0) is 26.7. The average Bonchev–Trinajstić information content (AvgIpc) is 3.12. The molecule has 9 nitrogen and oxygen atoms in total. The topological polar surface area (TPSA) is 132 Å². The van der Waals surface area contributed by atoms with Crippen LogP contribution in [0.15, 0.2) is 0 Å². The summed E-state index contributed by atoms with van der Waals surface area (Å²) in [4.78, 5) is 41.5. The Morgan fingerprint density at radius 3 is 2.31 bits per heavy atom. The van der Waals surface area contributed by atoms with E-state index in [0.717, 1.165) is 44.9 Å². The Bertz CT molecular complexity index is 861. The lowest BCUT2D eigenvalue weighted by Crippen LogP contribution is -2.58. The maximum atomic E-state index is 13.8. The summed E-state index contributed by atoms with van der Waals surface area (Å²) < 4.78 is 5.42. The first-order valence-electron chi connectivity index (χ1n) is 13.5. The number of carbonyl (C=O) groups is 3. The molecule has 1 aliphatic carbocycles. The SMILES string of the molecule is CC(C)(C)OC(=O)N[C@H]1CCCCCCCCC[C@@H](C(O)C#N)NC(=O)[C@@H]2[C@@H]3[C@H](CN2C1=O)C3(C)C. The minimum atomic E-state index is -1.30. The Morgan fingerprint density at radius 2 is 1.72 bits per heavy atom. The first kappa shape index (κ1) is 28.2. The molecule has 0 aromatic heterocycles. The smallest absolute Gasteiger partial charge is 0.408 e. The fraction of sp³-hybridized carbons (Fsp3) is 0.852. The average molecular weight is 505 g/mol. The van der Waals surface area contributed by atoms with Crippen LogP contribution in [0.5, 0.6) is 0 Å². The molecule has 0 radical (unpaired) electrons. The van der Waals surface area contributed by atoms with Gasteiger partial charge in [-0.3, -0.25) is 9.59 Å². The maximum Gasteiger partial charge on any atom is 0.408 e. The second-order valence-electron chi connectivity index (χ2n) is 12.3. The predicted molar refractivity (Wildman–Crippen MR) is 135 cm³/mol. The van der Waals surface area contributed by atoms with Gasteiger partial charge in [0.2, 0.25) is 11.8 Å². The largest absolute Gasteiger partial charge is 0.444 e. The van der Waals surface area contributed by atoms with Gasteiger partial charge in [-0.05, 0) is 50.9 Å². The van der Waals surface area contributed by atoms with Crippen LogP contribution >= 0.6 is 0 Å². The summed E-state index contributed by atoms with van der Waals surface area (Å²) in [6.07, 6.45) is 5.73. The number of carbonyl (C=O) groups excluding carboxylic acids is 3. The molecule has 0 aromatic rings. The van der Waals surface area contributed by atoms with Gasteiger partial charge in [0.25, 0.3) is 0 Å². The normalized spacial score (nSPS) is 32.4. The van der Waals surface area contributed by atoms with Crippen molar-refractivity contribution in [2.75, 3.05) is 6.54 Å². The van der Waals surface area contributed by atoms with E-state index in [4.69, 9.17) is 4.74 Å². The standard InChI is InChI=1S/C27H44N4O5/c1-26(2,3)36-25(35)30-19-14-12-10-8-6-7-9-11-13-18(20(32)15-28)29-23(33)22-21-17(27(21,4)5)16-31(22)24(19)34/h17-22,32H,6-14,16H2,1-5H3,(H,29,33)(H,30,35)/t17-,18-,19-,20?,21-,22-/m0/s1. The summed E-state index contributed by atoms with van der Waals surface area (Å²) in [5.74, 6) is -0.402. The number of ether oxygens (including phenoxy) is 1. The minimum absolute atomic E-state index is 0.00221. The highest BCUT2D eigenvalue weighted by atomic mass is 16.6. The van der Waals surface area contributed by atoms with Crippen molar-refractivity contribution in [1.29, 1.82) is 5.26 Å². The van der Waals surface area contributed by atoms with Crippen molar-refractivity contribution in [2.24, 2.45) is 17.3 Å². The molecule has 202 valence electrons. The molecule has 6 atom stereocenters. The molecule has 2 aliphatic heterocycles. The summed E-state index contributed by atoms with van der Waals surface area (Å²) in [5.41, 5.74) is -0.763. The van der Waals surface area contributed by atoms with Gasteiger partial charge < -0.3 is 25.4 Å². The van der Waals surface area contributed by atoms with Crippen molar-refractivity contribution >= 4 is 17.9 Å². The maximum absolute atomic E-state index is 13.8. The highest BCUT2D eigenvalue weighted by Gasteiger charge is 2.69. The second-order valence-corrected chi connectivity index (χ2v) is 12.3. The molecule has 0 spiro atoms. The van der Waals surface area contributed by atoms with Crippen LogP contribution in [-0.4, -0.2) is 64.3 Å². The van der Waals surface area contributed by atoms with Crippen LogP contribution in [0.1, 0.15) is 92.4 Å². The molecule has 3 amide bonds. The molecule has 2 saturated heterocycles. The Hall–Kier alpha value is -2.34. The van der Waals surface area contributed by atoms with Crippen LogP contribution in [0.2, 0.25) is 0 Å². The van der Waals surface area contributed by atoms with Crippen molar-refractivity contribution in [3.05, 3.63) is 0 Å². The van der Waals surface area contributed by atoms with Gasteiger partial charge in [-0.1, -0.05) is 58.8 Å². The van der Waals surface area contributed by atoms with E-state index >= 15 is 0 Å². The third-order valence-corrected chi connectivity index (χ3v) is 8.10. The number of aliphatic hydroxyl groups is 1. The molecule has 36 heavy (non-hydrogen) atoms. The third kappa shape index (κ3) is 6.70. The second kappa shape index (κ2) is 11.4. The number of rotatable bonds is 2. The number of nitriles is 1. The van der Waals surface area contributed by atoms with Gasteiger partial charge in [-0.15, -0.1) is 0 Å². The molecule has 0 bridgehead atoms. The van der Waals surface area contributed by atoms with Gasteiger partial charge in [0.15, 0.2) is 6.10 Å². The zero-order valence-electron chi connectivity index (χ0n) is 22.5. The van der Waals surface area contributed by atoms with E-state index in [2.05, 4.69) is 24.5 Å². The Morgan fingerprint density at radius 1 is 1.14 bits per heavy atom. The van der Waals surface area contributed by atoms with E-state index in [9.17, 15) is 24.8 Å². The number of hydrogen-bond donors (Lipinski definition) is 3. The van der Waals surface area contributed by atoms with Crippen molar-refractivity contribution in [2.45, 2.75) is 122 Å². The fourth-order valence-corrected chi connectivity index (χ4v) is 5.98. The van der Waals surface area contributed by atoms with E-state index in [-0.39, 0.29) is 29.1 Å². The molecule has 2 heterocycles. The molecule has 3 rings (SSSR count). The zero-order valence-corrected chi connectivity index (χ0v) is 22.5. The molecule has 3 N–H and O–H groups in total. The van der Waals surface area contributed by atoms with Crippen LogP contribution in [0, 0.1) is 28.6 Å². The molecule has 3 aliphatic rings. The number of nitrogens with one attached hydrogen (secondary N) is 2. The summed E-state index contributed by atoms with van der Waals surface area (Å²) >= 11 is 0. The van der Waals surface area contributed by atoms with E-state index in [1.165, 1.54) is 0 Å². The molecular formula is C27H44N4O5. The Kier molecular flexibility index (Phi) is 8.92. The van der Waals surface area contributed by atoms with E-state index in [1.807, 2.05) is 6.07 Å². The van der Waals surface area contributed by atoms with Crippen LogP contribution in [0.25, 0.3) is 0 Å². The molecule has 1 unspecified atom stereocenters. The van der Waals surface area contributed by atoms with Crippen LogP contribution in [0.3, 0.4) is 0 Å². The van der Waals surface area contributed by atoms with Crippen LogP contribution < -0.4 is 10.6 Å². The van der Waals surface area contributed by atoms with Crippen molar-refractivity contribution < 1.29 is 24.2 Å². The third-order valence-electron chi connectivity index (χ3n) is 8.10. The minimum Gasteiger partial charge on any atom is -0.444 e. The summed E-state index contributed by atoms with van der Waals surface area (Å²) in [5, 5.41) is 25.3. The number of nitrogens with zero attached hydrogens (tertiary/aromatic N) is 2. The quantitative estimate of drug-likeness (QED) is 0.495. The number of aliphatic hydroxyl groups excluding tert-OH is 1. The van der Waals surface area contributed by atoms with Gasteiger partial charge in [0.05, 0.1) is 12.1 Å². The summed E-state index contributed by atoms with van der Waals surface area (Å²) in [6, 6.07) is -0.283. The van der Waals surface area contributed by atoms with E-state index < -0.39 is 35.9 Å². The number of hydrogen-bond acceptors (Lipinski definition) is 6. The fourth-order valence-electron chi connectivity index (χ4n) is 5.98. The van der Waals surface area contributed by atoms with Gasteiger partial charge >= 0.3 is 6.09 Å². The van der Waals surface area contributed by atoms with Gasteiger partial charge in [0, 0.05) is 6.54 Å². The highest BCUT2D eigenvalue weighted by Crippen LogP contribution is 2.65. The van der Waals surface area contributed by atoms with Crippen molar-refractivity contribution in [1.82, 2.24) is 15.5 Å². The lowest BCUT2D eigenvalue weighted by atomic mass is 9.96. The van der Waals surface area contributed by atoms with Crippen LogP contribution in [0.4, 0.5) is 4.79 Å². The van der Waals surface area contributed by atoms with Crippen molar-refractivity contribution in [3.8, 4) is 6.07 Å². The summed E-state index contributed by atoms with van der Waals surface area (Å²) in [7, 11) is 0. The van der Waals surface area contributed by atoms with Gasteiger partial charge in [-0.25, -0.2) is 4.79 Å². The van der Waals surface area contributed by atoms with Gasteiger partial charge in [0.1, 0.15) is 17.7 Å². The number of piperidine rings is 1. The summed E-state index contributed by atoms with van der Waals surface area (Å²) in [6.45, 7) is 9.98. The Labute approximate surface area is 215 Å². The monoisotopic (exact) mass is 504 g/mol. The van der Waals surface area contributed by atoms with E-state index in [1.54, 1.807) is 25.7 Å². The number of fused-ring (bicyclic) bond motifs is 3. The first-order chi connectivity index (χ1) is 16.9. The highest BCUT2D eigenvalue weighted by molar-refractivity contribution is 5.93.